The van der Waals surface area contributed by atoms with Gasteiger partial charge in [-0.3, -0.25) is 10.2 Å². The minimum Gasteiger partial charge on any atom is -0.307 e. The van der Waals surface area contributed by atoms with Gasteiger partial charge in [0.2, 0.25) is 5.91 Å². The number of carbonyl (C=O) groups excluding carboxylic acids is 2. The van der Waals surface area contributed by atoms with Crippen molar-refractivity contribution in [3.05, 3.63) is 64.7 Å². The third-order valence-corrected chi connectivity index (χ3v) is 5.48. The fourth-order valence-electron chi connectivity index (χ4n) is 2.73. The fraction of sp³-hybridized carbons (Fsp3) is 0.222. The van der Waals surface area contributed by atoms with Gasteiger partial charge in [0, 0.05) is 16.0 Å². The van der Waals surface area contributed by atoms with E-state index in [4.69, 9.17) is 11.6 Å². The van der Waals surface area contributed by atoms with Crippen molar-refractivity contribution in [2.24, 2.45) is 0 Å². The van der Waals surface area contributed by atoms with E-state index in [-0.39, 0.29) is 5.91 Å². The van der Waals surface area contributed by atoms with Gasteiger partial charge in [-0.05, 0) is 48.2 Å². The largest absolute Gasteiger partial charge is 0.337 e. The molecule has 2 aromatic rings. The van der Waals surface area contributed by atoms with Crippen LogP contribution in [0.25, 0.3) is 0 Å². The van der Waals surface area contributed by atoms with Crippen LogP contribution in [0.15, 0.2) is 48.5 Å². The lowest BCUT2D eigenvalue weighted by atomic mass is 10.1. The third kappa shape index (κ3) is 4.90. The Balaban J connectivity index is 1.40. The van der Waals surface area contributed by atoms with Crippen LogP contribution >= 0.6 is 23.4 Å². The lowest BCUT2D eigenvalue weighted by molar-refractivity contribution is -0.119. The summed E-state index contributed by atoms with van der Waals surface area (Å²) in [5.41, 5.74) is 8.02. The van der Waals surface area contributed by atoms with E-state index in [0.29, 0.717) is 21.7 Å². The van der Waals surface area contributed by atoms with Crippen LogP contribution in [-0.2, 0) is 11.2 Å². The van der Waals surface area contributed by atoms with Crippen molar-refractivity contribution in [2.75, 3.05) is 11.1 Å². The molecule has 0 unspecified atom stereocenters. The number of halogens is 1. The van der Waals surface area contributed by atoms with Gasteiger partial charge in [0.1, 0.15) is 0 Å². The summed E-state index contributed by atoms with van der Waals surface area (Å²) in [6.45, 7) is 0. The number of anilines is 1. The first-order valence-corrected chi connectivity index (χ1v) is 9.35. The van der Waals surface area contributed by atoms with Crippen LogP contribution in [0.4, 0.5) is 10.5 Å². The number of carbonyl (C=O) groups is 2. The van der Waals surface area contributed by atoms with Crippen molar-refractivity contribution in [2.45, 2.75) is 18.1 Å². The molecule has 3 N–H and O–H groups in total. The summed E-state index contributed by atoms with van der Waals surface area (Å²) in [4.78, 5) is 23.7. The van der Waals surface area contributed by atoms with Crippen LogP contribution in [0.5, 0.6) is 0 Å². The zero-order valence-electron chi connectivity index (χ0n) is 13.4. The molecule has 0 bridgehead atoms. The summed E-state index contributed by atoms with van der Waals surface area (Å²) in [7, 11) is 0. The number of thioether (sulfide) groups is 1. The Morgan fingerprint density at radius 3 is 2.64 bits per heavy atom. The van der Waals surface area contributed by atoms with Gasteiger partial charge in [0.25, 0.3) is 0 Å². The van der Waals surface area contributed by atoms with Crippen molar-refractivity contribution in [1.29, 1.82) is 0 Å². The molecule has 1 aliphatic rings. The molecule has 3 rings (SSSR count). The van der Waals surface area contributed by atoms with E-state index in [1.54, 1.807) is 36.0 Å². The molecule has 3 amide bonds. The summed E-state index contributed by atoms with van der Waals surface area (Å²) in [6, 6.07) is 14.5. The minimum absolute atomic E-state index is 0.236. The van der Waals surface area contributed by atoms with Crippen LogP contribution in [0.1, 0.15) is 22.8 Å². The van der Waals surface area contributed by atoms with E-state index in [1.165, 1.54) is 11.1 Å². The van der Waals surface area contributed by atoms with E-state index in [1.807, 2.05) is 12.1 Å². The second-order valence-electron chi connectivity index (χ2n) is 5.67. The zero-order valence-corrected chi connectivity index (χ0v) is 15.0. The molecule has 0 spiro atoms. The Hall–Kier alpha value is -2.18. The SMILES string of the molecule is O=C(CS[C@H]1CCc2ccccc21)NNC(=O)Nc1ccc(Cl)cc1. The highest BCUT2D eigenvalue weighted by Gasteiger charge is 2.22. The van der Waals surface area contributed by atoms with Gasteiger partial charge in [-0.15, -0.1) is 11.8 Å². The number of aryl methyl sites for hydroxylation is 1. The molecule has 0 heterocycles. The van der Waals surface area contributed by atoms with Gasteiger partial charge in [0.05, 0.1) is 5.75 Å². The first-order valence-electron chi connectivity index (χ1n) is 7.92. The zero-order chi connectivity index (χ0) is 17.6. The Labute approximate surface area is 155 Å². The standard InChI is InChI=1S/C18H18ClN3O2S/c19-13-6-8-14(9-7-13)20-18(24)22-21-17(23)11-25-16-10-5-12-3-1-2-4-15(12)16/h1-4,6-9,16H,5,10-11H2,(H,21,23)(H2,20,22,24)/t16-/m0/s1. The maximum absolute atomic E-state index is 11.9. The number of amides is 3. The van der Waals surface area contributed by atoms with Crippen LogP contribution in [0, 0.1) is 0 Å². The lowest BCUT2D eigenvalue weighted by Gasteiger charge is -2.12. The van der Waals surface area contributed by atoms with Gasteiger partial charge in [0.15, 0.2) is 0 Å². The van der Waals surface area contributed by atoms with E-state index < -0.39 is 6.03 Å². The number of urea groups is 1. The predicted octanol–water partition coefficient (Wildman–Crippen LogP) is 3.91. The molecule has 130 valence electrons. The summed E-state index contributed by atoms with van der Waals surface area (Å²) in [6.07, 6.45) is 2.10. The van der Waals surface area contributed by atoms with Crippen LogP contribution < -0.4 is 16.2 Å². The second-order valence-corrected chi connectivity index (χ2v) is 7.30. The molecule has 0 saturated heterocycles. The first kappa shape index (κ1) is 17.6. The van der Waals surface area contributed by atoms with E-state index in [0.717, 1.165) is 12.8 Å². The first-order chi connectivity index (χ1) is 12.1. The van der Waals surface area contributed by atoms with Gasteiger partial charge in [-0.25, -0.2) is 10.2 Å². The number of hydrazine groups is 1. The van der Waals surface area contributed by atoms with Crippen molar-refractivity contribution in [3.63, 3.8) is 0 Å². The maximum Gasteiger partial charge on any atom is 0.337 e. The molecule has 0 aliphatic heterocycles. The third-order valence-electron chi connectivity index (χ3n) is 3.91. The Kier molecular flexibility index (Phi) is 5.83. The summed E-state index contributed by atoms with van der Waals surface area (Å²) in [5.74, 6) is 0.0564. The lowest BCUT2D eigenvalue weighted by Crippen LogP contribution is -2.44. The van der Waals surface area contributed by atoms with Gasteiger partial charge in [-0.1, -0.05) is 35.9 Å². The van der Waals surface area contributed by atoms with Crippen LogP contribution in [0.2, 0.25) is 5.02 Å². The number of nitrogens with one attached hydrogen (secondary N) is 3. The van der Waals surface area contributed by atoms with Gasteiger partial charge in [-0.2, -0.15) is 0 Å². The molecule has 0 fully saturated rings. The monoisotopic (exact) mass is 375 g/mol. The van der Waals surface area contributed by atoms with E-state index in [2.05, 4.69) is 28.3 Å². The number of hydrogen-bond donors (Lipinski definition) is 3. The average molecular weight is 376 g/mol. The average Bonchev–Trinajstić information content (AvgIpc) is 3.03. The van der Waals surface area contributed by atoms with Gasteiger partial charge < -0.3 is 5.32 Å². The van der Waals surface area contributed by atoms with E-state index in [9.17, 15) is 9.59 Å². The molecule has 0 radical (unpaired) electrons. The summed E-state index contributed by atoms with van der Waals surface area (Å²) < 4.78 is 0. The molecule has 0 saturated carbocycles. The Bertz CT molecular complexity index is 767. The molecule has 25 heavy (non-hydrogen) atoms. The van der Waals surface area contributed by atoms with Crippen molar-refractivity contribution in [3.8, 4) is 0 Å². The minimum atomic E-state index is -0.508. The molecular weight excluding hydrogens is 358 g/mol. The highest BCUT2D eigenvalue weighted by atomic mass is 35.5. The molecular formula is C18H18ClN3O2S. The Morgan fingerprint density at radius 2 is 1.84 bits per heavy atom. The predicted molar refractivity (Wildman–Crippen MR) is 102 cm³/mol. The van der Waals surface area contributed by atoms with Gasteiger partial charge >= 0.3 is 6.03 Å². The Morgan fingerprint density at radius 1 is 1.08 bits per heavy atom. The molecule has 5 nitrogen and oxygen atoms in total. The normalized spacial score (nSPS) is 15.3. The quantitative estimate of drug-likeness (QED) is 0.709. The molecule has 7 heteroatoms. The summed E-state index contributed by atoms with van der Waals surface area (Å²) >= 11 is 7.38. The maximum atomic E-state index is 11.9. The molecule has 1 atom stereocenters. The molecule has 1 aliphatic carbocycles. The topological polar surface area (TPSA) is 70.2 Å². The smallest absolute Gasteiger partial charge is 0.307 e. The highest BCUT2D eigenvalue weighted by molar-refractivity contribution is 8.00. The van der Waals surface area contributed by atoms with Crippen LogP contribution in [0.3, 0.4) is 0 Å². The number of hydrogen-bond acceptors (Lipinski definition) is 3. The summed E-state index contributed by atoms with van der Waals surface area (Å²) in [5, 5.41) is 3.53. The van der Waals surface area contributed by atoms with Crippen molar-refractivity contribution in [1.82, 2.24) is 10.9 Å². The number of fused-ring (bicyclic) bond motifs is 1. The fourth-order valence-corrected chi connectivity index (χ4v) is 3.97. The molecule has 2 aromatic carbocycles. The molecule has 0 aromatic heterocycles. The van der Waals surface area contributed by atoms with Crippen molar-refractivity contribution < 1.29 is 9.59 Å². The van der Waals surface area contributed by atoms with E-state index >= 15 is 0 Å². The van der Waals surface area contributed by atoms with Crippen LogP contribution in [-0.4, -0.2) is 17.7 Å². The second kappa shape index (κ2) is 8.27. The highest BCUT2D eigenvalue weighted by Crippen LogP contribution is 2.40. The number of benzene rings is 2. The number of rotatable bonds is 4. The van der Waals surface area contributed by atoms with Crippen molar-refractivity contribution >= 4 is 41.0 Å².